The van der Waals surface area contributed by atoms with Crippen molar-refractivity contribution in [2.75, 3.05) is 0 Å². The van der Waals surface area contributed by atoms with Crippen molar-refractivity contribution < 1.29 is 10.0 Å². The molecule has 2 rings (SSSR count). The summed E-state index contributed by atoms with van der Waals surface area (Å²) in [4.78, 5) is 2.87. The predicted octanol–water partition coefficient (Wildman–Crippen LogP) is -0.281. The largest absolute Gasteiger partial charge is 0.490 e. The van der Waals surface area contributed by atoms with Crippen molar-refractivity contribution in [3.8, 4) is 6.07 Å². The van der Waals surface area contributed by atoms with E-state index in [0.29, 0.717) is 11.0 Å². The second kappa shape index (κ2) is 3.18. The number of benzene rings is 1. The molecule has 0 radical (unpaired) electrons. The van der Waals surface area contributed by atoms with Gasteiger partial charge in [0, 0.05) is 17.2 Å². The zero-order chi connectivity index (χ0) is 10.1. The Hall–Kier alpha value is -1.77. The minimum atomic E-state index is -1.49. The van der Waals surface area contributed by atoms with Gasteiger partial charge in [-0.15, -0.1) is 0 Å². The fraction of sp³-hybridized carbons (Fsp3) is 0. The molecule has 2 aromatic rings. The highest BCUT2D eigenvalue weighted by Gasteiger charge is 2.15. The normalized spacial score (nSPS) is 10.1. The van der Waals surface area contributed by atoms with Crippen LogP contribution in [-0.2, 0) is 0 Å². The Morgan fingerprint density at radius 2 is 2.14 bits per heavy atom. The molecule has 1 aromatic carbocycles. The molecule has 4 nitrogen and oxygen atoms in total. The third kappa shape index (κ3) is 1.27. The van der Waals surface area contributed by atoms with Crippen LogP contribution in [0.15, 0.2) is 24.4 Å². The zero-order valence-electron chi connectivity index (χ0n) is 7.23. The number of nitrogens with one attached hydrogen (secondary N) is 1. The molecular formula is C9H7BN2O2. The summed E-state index contributed by atoms with van der Waals surface area (Å²) in [5, 5.41) is 27.4. The fourth-order valence-corrected chi connectivity index (χ4v) is 1.43. The van der Waals surface area contributed by atoms with Gasteiger partial charge in [0.25, 0.3) is 0 Å². The first-order chi connectivity index (χ1) is 6.72. The first kappa shape index (κ1) is 8.82. The van der Waals surface area contributed by atoms with Gasteiger partial charge in [-0.1, -0.05) is 6.07 Å². The summed E-state index contributed by atoms with van der Waals surface area (Å²) in [6, 6.07) is 7.01. The molecular weight excluding hydrogens is 179 g/mol. The molecule has 0 spiro atoms. The second-order valence-corrected chi connectivity index (χ2v) is 2.99. The van der Waals surface area contributed by atoms with Gasteiger partial charge in [0.15, 0.2) is 0 Å². The van der Waals surface area contributed by atoms with E-state index in [9.17, 15) is 0 Å². The Morgan fingerprint density at radius 1 is 1.36 bits per heavy atom. The van der Waals surface area contributed by atoms with Gasteiger partial charge in [-0.2, -0.15) is 5.26 Å². The lowest BCUT2D eigenvalue weighted by atomic mass is 9.80. The van der Waals surface area contributed by atoms with Crippen LogP contribution in [0.4, 0.5) is 0 Å². The number of rotatable bonds is 1. The fourth-order valence-electron chi connectivity index (χ4n) is 1.43. The Bertz CT molecular complexity index is 513. The molecule has 0 fully saturated rings. The van der Waals surface area contributed by atoms with Gasteiger partial charge in [-0.3, -0.25) is 0 Å². The topological polar surface area (TPSA) is 80.0 Å². The lowest BCUT2D eigenvalue weighted by Crippen LogP contribution is -2.28. The quantitative estimate of drug-likeness (QED) is 0.535. The summed E-state index contributed by atoms with van der Waals surface area (Å²) in [6.45, 7) is 0. The third-order valence-corrected chi connectivity index (χ3v) is 2.12. The van der Waals surface area contributed by atoms with E-state index < -0.39 is 7.12 Å². The molecule has 0 aliphatic carbocycles. The Balaban J connectivity index is 2.67. The summed E-state index contributed by atoms with van der Waals surface area (Å²) in [6.07, 6.45) is 1.52. The van der Waals surface area contributed by atoms with E-state index in [4.69, 9.17) is 15.3 Å². The lowest BCUT2D eigenvalue weighted by molar-refractivity contribution is 0.426. The highest BCUT2D eigenvalue weighted by molar-refractivity contribution is 6.62. The maximum atomic E-state index is 9.01. The van der Waals surface area contributed by atoms with Crippen molar-refractivity contribution in [2.45, 2.75) is 0 Å². The molecule has 68 valence electrons. The molecule has 0 aliphatic heterocycles. The lowest BCUT2D eigenvalue weighted by Gasteiger charge is -1.95. The number of aromatic nitrogens is 1. The van der Waals surface area contributed by atoms with Crippen molar-refractivity contribution in [3.63, 3.8) is 0 Å². The maximum Gasteiger partial charge on any atom is 0.490 e. The molecule has 3 N–H and O–H groups in total. The molecule has 0 unspecified atom stereocenters. The van der Waals surface area contributed by atoms with Crippen LogP contribution >= 0.6 is 0 Å². The predicted molar refractivity (Wildman–Crippen MR) is 52.8 cm³/mol. The van der Waals surface area contributed by atoms with Gasteiger partial charge in [0.05, 0.1) is 11.6 Å². The number of hydrogen-bond donors (Lipinski definition) is 3. The number of hydrogen-bond acceptors (Lipinski definition) is 3. The highest BCUT2D eigenvalue weighted by atomic mass is 16.4. The number of nitriles is 1. The van der Waals surface area contributed by atoms with E-state index in [1.54, 1.807) is 18.2 Å². The van der Waals surface area contributed by atoms with Gasteiger partial charge < -0.3 is 15.0 Å². The van der Waals surface area contributed by atoms with E-state index in [2.05, 4.69) is 4.98 Å². The van der Waals surface area contributed by atoms with Crippen LogP contribution in [0.25, 0.3) is 10.9 Å². The highest BCUT2D eigenvalue weighted by Crippen LogP contribution is 2.12. The first-order valence-corrected chi connectivity index (χ1v) is 4.09. The number of aromatic amines is 1. The molecule has 1 heterocycles. The van der Waals surface area contributed by atoms with E-state index in [1.165, 1.54) is 6.20 Å². The van der Waals surface area contributed by atoms with Gasteiger partial charge >= 0.3 is 7.12 Å². The smallest absolute Gasteiger partial charge is 0.423 e. The summed E-state index contributed by atoms with van der Waals surface area (Å²) in [5.41, 5.74) is 1.69. The van der Waals surface area contributed by atoms with Crippen molar-refractivity contribution in [1.82, 2.24) is 4.98 Å². The molecule has 0 aliphatic rings. The van der Waals surface area contributed by atoms with Crippen LogP contribution in [0.2, 0.25) is 0 Å². The number of nitrogens with zero attached hydrogens (tertiary/aromatic N) is 1. The monoisotopic (exact) mass is 186 g/mol. The Kier molecular flexibility index (Phi) is 2.00. The first-order valence-electron chi connectivity index (χ1n) is 4.09. The molecule has 0 saturated carbocycles. The van der Waals surface area contributed by atoms with Gasteiger partial charge in [-0.05, 0) is 17.5 Å². The van der Waals surface area contributed by atoms with Crippen molar-refractivity contribution in [3.05, 3.63) is 30.0 Å². The van der Waals surface area contributed by atoms with Crippen LogP contribution in [0.3, 0.4) is 0 Å². The van der Waals surface area contributed by atoms with E-state index >= 15 is 0 Å². The number of fused-ring (bicyclic) bond motifs is 1. The molecule has 0 saturated heterocycles. The van der Waals surface area contributed by atoms with Crippen LogP contribution in [0.5, 0.6) is 0 Å². The summed E-state index contributed by atoms with van der Waals surface area (Å²) in [7, 11) is -1.49. The Morgan fingerprint density at radius 3 is 2.79 bits per heavy atom. The van der Waals surface area contributed by atoms with Crippen LogP contribution in [0, 0.1) is 11.3 Å². The van der Waals surface area contributed by atoms with Crippen molar-refractivity contribution >= 4 is 23.5 Å². The van der Waals surface area contributed by atoms with Crippen molar-refractivity contribution in [2.24, 2.45) is 0 Å². The molecule has 0 atom stereocenters. The van der Waals surface area contributed by atoms with Crippen LogP contribution < -0.4 is 5.46 Å². The standard InChI is InChI=1S/C9H7BN2O2/c11-4-6-1-2-7-8(10(13)14)5-12-9(7)3-6/h1-3,5,12-14H. The van der Waals surface area contributed by atoms with Gasteiger partial charge in [0.2, 0.25) is 0 Å². The third-order valence-electron chi connectivity index (χ3n) is 2.12. The summed E-state index contributed by atoms with van der Waals surface area (Å²) in [5.74, 6) is 0. The van der Waals surface area contributed by atoms with E-state index in [-0.39, 0.29) is 0 Å². The molecule has 0 bridgehead atoms. The SMILES string of the molecule is N#Cc1ccc2c(B(O)O)c[nH]c2c1. The minimum absolute atomic E-state index is 0.421. The van der Waals surface area contributed by atoms with E-state index in [0.717, 1.165) is 10.9 Å². The van der Waals surface area contributed by atoms with Gasteiger partial charge in [0.1, 0.15) is 0 Å². The average molecular weight is 186 g/mol. The zero-order valence-corrected chi connectivity index (χ0v) is 7.23. The maximum absolute atomic E-state index is 9.01. The second-order valence-electron chi connectivity index (χ2n) is 2.99. The van der Waals surface area contributed by atoms with Crippen molar-refractivity contribution in [1.29, 1.82) is 5.26 Å². The van der Waals surface area contributed by atoms with Crippen LogP contribution in [0.1, 0.15) is 5.56 Å². The average Bonchev–Trinajstić information content (AvgIpc) is 2.59. The minimum Gasteiger partial charge on any atom is -0.423 e. The van der Waals surface area contributed by atoms with Crippen LogP contribution in [-0.4, -0.2) is 22.2 Å². The van der Waals surface area contributed by atoms with E-state index in [1.807, 2.05) is 6.07 Å². The molecule has 1 aromatic heterocycles. The summed E-state index contributed by atoms with van der Waals surface area (Å²) < 4.78 is 0. The molecule has 0 amide bonds. The number of H-pyrrole nitrogens is 1. The Labute approximate surface area is 80.6 Å². The van der Waals surface area contributed by atoms with Gasteiger partial charge in [-0.25, -0.2) is 0 Å². The molecule has 5 heteroatoms. The summed E-state index contributed by atoms with van der Waals surface area (Å²) >= 11 is 0. The molecule has 14 heavy (non-hydrogen) atoms.